The molecule has 132 valence electrons. The fourth-order valence-corrected chi connectivity index (χ4v) is 2.47. The predicted molar refractivity (Wildman–Crippen MR) is 98.2 cm³/mol. The molecule has 8 heteroatoms. The molecule has 0 spiro atoms. The molecule has 0 radical (unpaired) electrons. The van der Waals surface area contributed by atoms with Gasteiger partial charge in [-0.15, -0.1) is 0 Å². The van der Waals surface area contributed by atoms with Crippen molar-refractivity contribution in [2.75, 3.05) is 30.9 Å². The van der Waals surface area contributed by atoms with E-state index in [0.717, 1.165) is 29.8 Å². The van der Waals surface area contributed by atoms with Gasteiger partial charge >= 0.3 is 0 Å². The van der Waals surface area contributed by atoms with E-state index >= 15 is 0 Å². The summed E-state index contributed by atoms with van der Waals surface area (Å²) in [6.07, 6.45) is 6.22. The Hall–Kier alpha value is -2.74. The lowest BCUT2D eigenvalue weighted by atomic mass is 10.3. The molecule has 0 saturated heterocycles. The number of anilines is 3. The minimum absolute atomic E-state index is 0.335. The summed E-state index contributed by atoms with van der Waals surface area (Å²) in [5.41, 5.74) is 1.92. The molecule has 8 nitrogen and oxygen atoms in total. The summed E-state index contributed by atoms with van der Waals surface area (Å²) in [5, 5.41) is 6.40. The molecule has 25 heavy (non-hydrogen) atoms. The van der Waals surface area contributed by atoms with E-state index in [4.69, 9.17) is 4.74 Å². The molecule has 2 N–H and O–H groups in total. The molecule has 3 rings (SSSR count). The topological polar surface area (TPSA) is 89.8 Å². The number of pyridine rings is 1. The molecule has 0 saturated carbocycles. The number of rotatable bonds is 8. The van der Waals surface area contributed by atoms with Gasteiger partial charge in [0.05, 0.1) is 18.0 Å². The average Bonchev–Trinajstić information content (AvgIpc) is 3.02. The average molecular weight is 341 g/mol. The number of nitrogens with zero attached hydrogens (tertiary/aromatic N) is 5. The highest BCUT2D eigenvalue weighted by Crippen LogP contribution is 2.21. The van der Waals surface area contributed by atoms with Crippen molar-refractivity contribution < 1.29 is 4.74 Å². The van der Waals surface area contributed by atoms with Crippen LogP contribution in [0.5, 0.6) is 0 Å². The summed E-state index contributed by atoms with van der Waals surface area (Å²) in [6.45, 7) is 5.72. The Balaban J connectivity index is 1.73. The molecule has 0 aliphatic carbocycles. The van der Waals surface area contributed by atoms with Crippen LogP contribution in [-0.4, -0.2) is 44.8 Å². The fourth-order valence-electron chi connectivity index (χ4n) is 2.47. The Kier molecular flexibility index (Phi) is 5.39. The largest absolute Gasteiger partial charge is 0.385 e. The number of nitrogens with one attached hydrogen (secondary N) is 2. The van der Waals surface area contributed by atoms with Crippen molar-refractivity contribution in [1.29, 1.82) is 0 Å². The van der Waals surface area contributed by atoms with Crippen LogP contribution in [0.4, 0.5) is 17.6 Å². The number of imidazole rings is 1. The van der Waals surface area contributed by atoms with Gasteiger partial charge in [-0.1, -0.05) is 0 Å². The van der Waals surface area contributed by atoms with Crippen LogP contribution in [0.1, 0.15) is 26.3 Å². The third-order valence-corrected chi connectivity index (χ3v) is 3.74. The summed E-state index contributed by atoms with van der Waals surface area (Å²) in [4.78, 5) is 17.5. The van der Waals surface area contributed by atoms with Crippen LogP contribution < -0.4 is 10.6 Å². The highest BCUT2D eigenvalue weighted by molar-refractivity contribution is 5.78. The normalized spacial score (nSPS) is 11.2. The van der Waals surface area contributed by atoms with Gasteiger partial charge in [0.2, 0.25) is 5.95 Å². The maximum Gasteiger partial charge on any atom is 0.224 e. The van der Waals surface area contributed by atoms with E-state index in [9.17, 15) is 0 Å². The van der Waals surface area contributed by atoms with Crippen LogP contribution in [0.25, 0.3) is 11.0 Å². The second-order valence-electron chi connectivity index (χ2n) is 5.97. The molecule has 0 aliphatic heterocycles. The zero-order valence-electron chi connectivity index (χ0n) is 14.7. The number of methoxy groups -OCH3 is 1. The smallest absolute Gasteiger partial charge is 0.224 e. The zero-order valence-corrected chi connectivity index (χ0v) is 14.7. The Morgan fingerprint density at radius 3 is 2.88 bits per heavy atom. The van der Waals surface area contributed by atoms with Crippen LogP contribution in [0.3, 0.4) is 0 Å². The Morgan fingerprint density at radius 2 is 2.08 bits per heavy atom. The van der Waals surface area contributed by atoms with E-state index in [1.807, 2.05) is 18.5 Å². The van der Waals surface area contributed by atoms with E-state index in [0.29, 0.717) is 24.4 Å². The first-order chi connectivity index (χ1) is 12.2. The standard InChI is InChI=1S/C17H23N7O/c1-12(2)24-11-21-13-10-20-16(9-14(13)24)22-15-5-7-19-17(23-15)18-6-4-8-25-3/h5,7,9-12H,4,6,8H2,1-3H3,(H2,18,19,20,22,23). The predicted octanol–water partition coefficient (Wildman–Crippen LogP) is 2.99. The van der Waals surface area contributed by atoms with Gasteiger partial charge in [-0.25, -0.2) is 15.0 Å². The summed E-state index contributed by atoms with van der Waals surface area (Å²) in [5.74, 6) is 1.99. The van der Waals surface area contributed by atoms with Gasteiger partial charge in [0.15, 0.2) is 0 Å². The van der Waals surface area contributed by atoms with E-state index < -0.39 is 0 Å². The first-order valence-electron chi connectivity index (χ1n) is 8.33. The molecule has 0 aliphatic rings. The lowest BCUT2D eigenvalue weighted by Gasteiger charge is -2.10. The van der Waals surface area contributed by atoms with Crippen molar-refractivity contribution in [3.63, 3.8) is 0 Å². The lowest BCUT2D eigenvalue weighted by Crippen LogP contribution is -2.08. The van der Waals surface area contributed by atoms with Crippen molar-refractivity contribution in [3.05, 3.63) is 30.9 Å². The number of ether oxygens (including phenoxy) is 1. The third-order valence-electron chi connectivity index (χ3n) is 3.74. The third kappa shape index (κ3) is 4.21. The van der Waals surface area contributed by atoms with Crippen LogP contribution in [0.2, 0.25) is 0 Å². The van der Waals surface area contributed by atoms with Crippen LogP contribution in [0, 0.1) is 0 Å². The molecule has 3 aromatic heterocycles. The maximum absolute atomic E-state index is 5.03. The van der Waals surface area contributed by atoms with Crippen molar-refractivity contribution in [3.8, 4) is 0 Å². The molecule has 0 atom stereocenters. The van der Waals surface area contributed by atoms with Crippen molar-refractivity contribution >= 4 is 28.6 Å². The first kappa shape index (κ1) is 17.1. The van der Waals surface area contributed by atoms with Crippen molar-refractivity contribution in [2.45, 2.75) is 26.3 Å². The SMILES string of the molecule is COCCCNc1nccc(Nc2cc3c(cn2)ncn3C(C)C)n1. The number of aromatic nitrogens is 5. The second kappa shape index (κ2) is 7.89. The summed E-state index contributed by atoms with van der Waals surface area (Å²) < 4.78 is 7.14. The Labute approximate surface area is 146 Å². The Morgan fingerprint density at radius 1 is 1.20 bits per heavy atom. The molecule has 0 amide bonds. The number of hydrogen-bond donors (Lipinski definition) is 2. The van der Waals surface area contributed by atoms with Crippen LogP contribution >= 0.6 is 0 Å². The highest BCUT2D eigenvalue weighted by Gasteiger charge is 2.08. The van der Waals surface area contributed by atoms with Crippen LogP contribution in [0.15, 0.2) is 30.9 Å². The number of hydrogen-bond acceptors (Lipinski definition) is 7. The van der Waals surface area contributed by atoms with Crippen molar-refractivity contribution in [1.82, 2.24) is 24.5 Å². The highest BCUT2D eigenvalue weighted by atomic mass is 16.5. The molecule has 0 fully saturated rings. The van der Waals surface area contributed by atoms with E-state index in [1.165, 1.54) is 0 Å². The quantitative estimate of drug-likeness (QED) is 0.609. The summed E-state index contributed by atoms with van der Waals surface area (Å²) in [6, 6.07) is 4.13. The zero-order chi connectivity index (χ0) is 17.6. The molecule has 3 aromatic rings. The number of fused-ring (bicyclic) bond motifs is 1. The van der Waals surface area contributed by atoms with E-state index in [2.05, 4.69) is 49.0 Å². The second-order valence-corrected chi connectivity index (χ2v) is 5.97. The van der Waals surface area contributed by atoms with Gasteiger partial charge < -0.3 is 19.9 Å². The molecular weight excluding hydrogens is 318 g/mol. The van der Waals surface area contributed by atoms with Crippen molar-refractivity contribution in [2.24, 2.45) is 0 Å². The van der Waals surface area contributed by atoms with Gasteiger partial charge in [-0.3, -0.25) is 0 Å². The summed E-state index contributed by atoms with van der Waals surface area (Å²) >= 11 is 0. The maximum atomic E-state index is 5.03. The minimum atomic E-state index is 0.335. The molecule has 0 aromatic carbocycles. The molecule has 0 bridgehead atoms. The molecular formula is C17H23N7O. The monoisotopic (exact) mass is 341 g/mol. The fraction of sp³-hybridized carbons (Fsp3) is 0.412. The van der Waals surface area contributed by atoms with Gasteiger partial charge in [0.1, 0.15) is 17.2 Å². The van der Waals surface area contributed by atoms with Gasteiger partial charge in [0.25, 0.3) is 0 Å². The summed E-state index contributed by atoms with van der Waals surface area (Å²) in [7, 11) is 1.69. The molecule has 0 unspecified atom stereocenters. The van der Waals surface area contributed by atoms with Gasteiger partial charge in [-0.05, 0) is 26.3 Å². The van der Waals surface area contributed by atoms with Gasteiger partial charge in [-0.2, -0.15) is 4.98 Å². The first-order valence-corrected chi connectivity index (χ1v) is 8.33. The van der Waals surface area contributed by atoms with E-state index in [-0.39, 0.29) is 0 Å². The van der Waals surface area contributed by atoms with E-state index in [1.54, 1.807) is 19.5 Å². The van der Waals surface area contributed by atoms with Gasteiger partial charge in [0, 0.05) is 38.6 Å². The lowest BCUT2D eigenvalue weighted by molar-refractivity contribution is 0.197. The molecule has 3 heterocycles. The Bertz CT molecular complexity index is 831. The minimum Gasteiger partial charge on any atom is -0.385 e. The van der Waals surface area contributed by atoms with Crippen LogP contribution in [-0.2, 0) is 4.74 Å².